The van der Waals surface area contributed by atoms with Gasteiger partial charge in [0.1, 0.15) is 0 Å². The summed E-state index contributed by atoms with van der Waals surface area (Å²) >= 11 is 0. The minimum absolute atomic E-state index is 0.108. The monoisotopic (exact) mass is 938 g/mol. The molecular weight excluding hydrogens is 889 g/mol. The number of hydrogen-bond donors (Lipinski definition) is 0. The van der Waals surface area contributed by atoms with E-state index in [1.165, 1.54) is 71.0 Å². The standard InChI is InChI=1S/C68H50N4O/c1-2-15-45(16-3-1)64-69-65(47-18-14-17-46(40-47)44-29-32-51(33-30-44)72-60-25-10-12-27-62(60)73-63-28-13-11-26-61(63)72)71-66(70-64)48-31-34-58-59(41-48)67(49-36-42-35-43(38-49)39-50(67)37-42)56-23-8-9-24-57(56)68(58)54-21-6-4-19-52(54)53-20-5-7-22-55(53)68/h1-34,40-43,49-50H,35-39H2. The van der Waals surface area contributed by atoms with Gasteiger partial charge in [-0.15, -0.1) is 0 Å². The smallest absolute Gasteiger partial charge is 0.164 e. The van der Waals surface area contributed by atoms with Crippen molar-refractivity contribution < 1.29 is 4.74 Å². The Morgan fingerprint density at radius 2 is 0.836 bits per heavy atom. The third kappa shape index (κ3) is 5.82. The van der Waals surface area contributed by atoms with E-state index in [1.54, 1.807) is 5.56 Å². The molecule has 4 saturated carbocycles. The summed E-state index contributed by atoms with van der Waals surface area (Å²) < 4.78 is 6.32. The van der Waals surface area contributed by atoms with Gasteiger partial charge < -0.3 is 9.64 Å². The first-order valence-corrected chi connectivity index (χ1v) is 26.3. The molecule has 2 spiro atoms. The molecular formula is C68H50N4O. The number of para-hydroxylation sites is 4. The van der Waals surface area contributed by atoms with Gasteiger partial charge in [-0.3, -0.25) is 0 Å². The van der Waals surface area contributed by atoms with E-state index in [0.717, 1.165) is 68.2 Å². The summed E-state index contributed by atoms with van der Waals surface area (Å²) in [4.78, 5) is 18.5. The molecule has 4 bridgehead atoms. The number of rotatable bonds is 5. The summed E-state index contributed by atoms with van der Waals surface area (Å²) in [5, 5.41) is 0. The molecule has 6 aliphatic carbocycles. The van der Waals surface area contributed by atoms with Gasteiger partial charge in [0, 0.05) is 27.8 Å². The van der Waals surface area contributed by atoms with Crippen molar-refractivity contribution in [3.05, 3.63) is 252 Å². The van der Waals surface area contributed by atoms with Crippen molar-refractivity contribution in [3.8, 4) is 67.9 Å². The molecule has 1 aromatic heterocycles. The lowest BCUT2D eigenvalue weighted by Gasteiger charge is -2.65. The van der Waals surface area contributed by atoms with Crippen LogP contribution >= 0.6 is 0 Å². The first-order valence-electron chi connectivity index (χ1n) is 26.3. The predicted molar refractivity (Wildman–Crippen MR) is 291 cm³/mol. The minimum Gasteiger partial charge on any atom is -0.453 e. The normalized spacial score (nSPS) is 21.7. The molecule has 5 nitrogen and oxygen atoms in total. The Bertz CT molecular complexity index is 3760. The number of aromatic nitrogens is 3. The molecule has 0 radical (unpaired) electrons. The summed E-state index contributed by atoms with van der Waals surface area (Å²) in [5.74, 6) is 6.51. The number of benzene rings is 9. The fourth-order valence-corrected chi connectivity index (χ4v) is 15.4. The van der Waals surface area contributed by atoms with Crippen LogP contribution in [0.4, 0.5) is 17.1 Å². The topological polar surface area (TPSA) is 51.1 Å². The Morgan fingerprint density at radius 3 is 1.48 bits per heavy atom. The fraction of sp³-hybridized carbons (Fsp3) is 0.162. The molecule has 0 N–H and O–H groups in total. The van der Waals surface area contributed by atoms with Crippen LogP contribution in [0.5, 0.6) is 11.5 Å². The van der Waals surface area contributed by atoms with E-state index >= 15 is 0 Å². The average molecular weight is 939 g/mol. The van der Waals surface area contributed by atoms with Gasteiger partial charge in [0.2, 0.25) is 0 Å². The lowest BCUT2D eigenvalue weighted by molar-refractivity contribution is -0.0440. The molecule has 4 fully saturated rings. The van der Waals surface area contributed by atoms with Crippen LogP contribution in [0, 0.1) is 23.7 Å². The Labute approximate surface area is 425 Å². The van der Waals surface area contributed by atoms with Gasteiger partial charge >= 0.3 is 0 Å². The van der Waals surface area contributed by atoms with Crippen LogP contribution in [-0.2, 0) is 10.8 Å². The van der Waals surface area contributed by atoms with Crippen molar-refractivity contribution in [2.75, 3.05) is 4.90 Å². The molecule has 2 heterocycles. The van der Waals surface area contributed by atoms with Gasteiger partial charge in [0.25, 0.3) is 0 Å². The fourth-order valence-electron chi connectivity index (χ4n) is 15.4. The molecule has 9 aromatic carbocycles. The van der Waals surface area contributed by atoms with Crippen molar-refractivity contribution in [1.82, 2.24) is 15.0 Å². The van der Waals surface area contributed by atoms with Gasteiger partial charge in [0.05, 0.1) is 16.8 Å². The minimum atomic E-state index is -0.452. The Hall–Kier alpha value is -8.41. The first kappa shape index (κ1) is 41.2. The van der Waals surface area contributed by atoms with Gasteiger partial charge in [-0.2, -0.15) is 0 Å². The van der Waals surface area contributed by atoms with Crippen LogP contribution in [0.1, 0.15) is 65.5 Å². The van der Waals surface area contributed by atoms with Crippen molar-refractivity contribution in [2.24, 2.45) is 23.7 Å². The molecule has 0 saturated heterocycles. The summed E-state index contributed by atoms with van der Waals surface area (Å²) in [6, 6.07) is 79.9. The lowest BCUT2D eigenvalue weighted by atomic mass is 9.38. The van der Waals surface area contributed by atoms with Crippen LogP contribution in [0.3, 0.4) is 0 Å². The molecule has 10 aromatic rings. The lowest BCUT2D eigenvalue weighted by Crippen LogP contribution is -2.59. The molecule has 73 heavy (non-hydrogen) atoms. The summed E-state index contributed by atoms with van der Waals surface area (Å²) in [5.41, 5.74) is 19.1. The maximum absolute atomic E-state index is 6.32. The van der Waals surface area contributed by atoms with E-state index < -0.39 is 5.41 Å². The highest BCUT2D eigenvalue weighted by Crippen LogP contribution is 2.71. The van der Waals surface area contributed by atoms with Crippen LogP contribution in [0.25, 0.3) is 56.4 Å². The van der Waals surface area contributed by atoms with Crippen LogP contribution < -0.4 is 9.64 Å². The predicted octanol–water partition coefficient (Wildman–Crippen LogP) is 16.5. The Kier molecular flexibility index (Phi) is 8.78. The van der Waals surface area contributed by atoms with E-state index in [-0.39, 0.29) is 5.41 Å². The van der Waals surface area contributed by atoms with Gasteiger partial charge in [-0.25, -0.2) is 15.0 Å². The van der Waals surface area contributed by atoms with Crippen molar-refractivity contribution in [2.45, 2.75) is 42.9 Å². The molecule has 5 heteroatoms. The number of nitrogens with zero attached hydrogens (tertiary/aromatic N) is 4. The molecule has 0 amide bonds. The van der Waals surface area contributed by atoms with Gasteiger partial charge in [-0.1, -0.05) is 170 Å². The average Bonchev–Trinajstić information content (AvgIpc) is 3.75. The third-order valence-electron chi connectivity index (χ3n) is 18.0. The Balaban J connectivity index is 0.859. The van der Waals surface area contributed by atoms with Crippen LogP contribution in [0.2, 0.25) is 0 Å². The molecule has 348 valence electrons. The van der Waals surface area contributed by atoms with E-state index in [1.807, 2.05) is 24.3 Å². The summed E-state index contributed by atoms with van der Waals surface area (Å²) in [6.45, 7) is 0. The van der Waals surface area contributed by atoms with E-state index in [0.29, 0.717) is 29.3 Å². The highest BCUT2D eigenvalue weighted by molar-refractivity contribution is 5.90. The zero-order chi connectivity index (χ0) is 47.8. The molecule has 7 aliphatic rings. The first-order chi connectivity index (χ1) is 36.1. The zero-order valence-corrected chi connectivity index (χ0v) is 40.3. The second-order valence-corrected chi connectivity index (χ2v) is 21.5. The SMILES string of the molecule is c1ccc(-c2nc(-c3cccc(-c4ccc(N5c6ccccc6Oc6ccccc65)cc4)c3)nc(-c3ccc4c(c3)C3(c5ccccc5C45c4ccccc4-c4ccccc45)C4CC5CC(C4)CC3C5)n2)cc1. The number of fused-ring (bicyclic) bond motifs is 11. The third-order valence-corrected chi connectivity index (χ3v) is 18.0. The van der Waals surface area contributed by atoms with Crippen molar-refractivity contribution in [3.63, 3.8) is 0 Å². The van der Waals surface area contributed by atoms with Crippen LogP contribution in [0.15, 0.2) is 218 Å². The zero-order valence-electron chi connectivity index (χ0n) is 40.3. The van der Waals surface area contributed by atoms with Gasteiger partial charge in [0.15, 0.2) is 29.0 Å². The van der Waals surface area contributed by atoms with E-state index in [2.05, 4.69) is 199 Å². The highest BCUT2D eigenvalue weighted by atomic mass is 16.5. The molecule has 0 atom stereocenters. The second-order valence-electron chi connectivity index (χ2n) is 21.5. The molecule has 0 unspecified atom stereocenters. The number of ether oxygens (including phenoxy) is 1. The van der Waals surface area contributed by atoms with Crippen molar-refractivity contribution >= 4 is 17.1 Å². The van der Waals surface area contributed by atoms with Gasteiger partial charge in [-0.05, 0) is 160 Å². The largest absolute Gasteiger partial charge is 0.453 e. The highest BCUT2D eigenvalue weighted by Gasteiger charge is 2.64. The quantitative estimate of drug-likeness (QED) is 0.172. The molecule has 17 rings (SSSR count). The van der Waals surface area contributed by atoms with E-state index in [9.17, 15) is 0 Å². The van der Waals surface area contributed by atoms with Crippen LogP contribution in [-0.4, -0.2) is 15.0 Å². The van der Waals surface area contributed by atoms with Crippen molar-refractivity contribution in [1.29, 1.82) is 0 Å². The maximum atomic E-state index is 6.32. The Morgan fingerprint density at radius 1 is 0.356 bits per heavy atom. The second kappa shape index (κ2) is 15.5. The number of hydrogen-bond acceptors (Lipinski definition) is 5. The number of anilines is 3. The summed E-state index contributed by atoms with van der Waals surface area (Å²) in [6.07, 6.45) is 6.60. The van der Waals surface area contributed by atoms with E-state index in [4.69, 9.17) is 19.7 Å². The molecule has 1 aliphatic heterocycles. The maximum Gasteiger partial charge on any atom is 0.164 e. The summed E-state index contributed by atoms with van der Waals surface area (Å²) in [7, 11) is 0.